The van der Waals surface area contributed by atoms with Gasteiger partial charge in [0.25, 0.3) is 0 Å². The van der Waals surface area contributed by atoms with Crippen LogP contribution in [0.15, 0.2) is 48.6 Å². The van der Waals surface area contributed by atoms with E-state index in [1.165, 1.54) is 148 Å². The summed E-state index contributed by atoms with van der Waals surface area (Å²) in [5.41, 5.74) is 0. The number of unbranched alkanes of at least 4 members (excludes halogenated alkanes) is 27. The van der Waals surface area contributed by atoms with Crippen molar-refractivity contribution in [3.8, 4) is 0 Å². The van der Waals surface area contributed by atoms with Crippen LogP contribution >= 0.6 is 0 Å². The van der Waals surface area contributed by atoms with E-state index in [1.807, 2.05) is 0 Å². The van der Waals surface area contributed by atoms with Gasteiger partial charge in [0.05, 0.1) is 6.61 Å². The van der Waals surface area contributed by atoms with Crippen LogP contribution in [0.2, 0.25) is 0 Å². The molecule has 0 heterocycles. The van der Waals surface area contributed by atoms with Crippen molar-refractivity contribution in [3.05, 3.63) is 48.6 Å². The second-order valence-corrected chi connectivity index (χ2v) is 15.8. The van der Waals surface area contributed by atoms with Crippen molar-refractivity contribution >= 4 is 11.9 Å². The summed E-state index contributed by atoms with van der Waals surface area (Å²) >= 11 is 0. The molecule has 0 bridgehead atoms. The van der Waals surface area contributed by atoms with Crippen LogP contribution in [0.4, 0.5) is 0 Å². The summed E-state index contributed by atoms with van der Waals surface area (Å²) < 4.78 is 10.6. The van der Waals surface area contributed by atoms with E-state index in [0.717, 1.165) is 64.2 Å². The van der Waals surface area contributed by atoms with Gasteiger partial charge in [-0.2, -0.15) is 0 Å². The van der Waals surface area contributed by atoms with E-state index in [2.05, 4.69) is 62.5 Å². The Labute approximate surface area is 341 Å². The van der Waals surface area contributed by atoms with Gasteiger partial charge in [-0.1, -0.05) is 204 Å². The summed E-state index contributed by atoms with van der Waals surface area (Å²) in [5, 5.41) is 9.56. The molecule has 0 aromatic carbocycles. The number of esters is 2. The van der Waals surface area contributed by atoms with E-state index < -0.39 is 6.10 Å². The SMILES string of the molecule is CCC/C=C\CCCCCCCC(=O)OCC(CO)OC(=O)CCCCCCCCCCCCCCCCCC/C=C\C/C=C\C/C=C\CCCCCCC. The number of carbonyl (C=O) groups excluding carboxylic acids is 2. The molecular formula is C50H90O5. The zero-order valence-corrected chi connectivity index (χ0v) is 36.4. The highest BCUT2D eigenvalue weighted by Gasteiger charge is 2.16. The van der Waals surface area contributed by atoms with Crippen molar-refractivity contribution in [1.29, 1.82) is 0 Å². The van der Waals surface area contributed by atoms with Crippen LogP contribution in [-0.4, -0.2) is 36.4 Å². The summed E-state index contributed by atoms with van der Waals surface area (Å²) in [4.78, 5) is 24.3. The van der Waals surface area contributed by atoms with Gasteiger partial charge in [-0.3, -0.25) is 9.59 Å². The maximum atomic E-state index is 12.2. The fourth-order valence-electron chi connectivity index (χ4n) is 6.74. The summed E-state index contributed by atoms with van der Waals surface area (Å²) in [6.07, 6.45) is 59.3. The molecule has 1 atom stereocenters. The minimum atomic E-state index is -0.773. The largest absolute Gasteiger partial charge is 0.462 e. The van der Waals surface area contributed by atoms with Gasteiger partial charge in [-0.25, -0.2) is 0 Å². The fourth-order valence-corrected chi connectivity index (χ4v) is 6.74. The number of rotatable bonds is 43. The molecule has 0 saturated carbocycles. The molecule has 5 nitrogen and oxygen atoms in total. The topological polar surface area (TPSA) is 72.8 Å². The van der Waals surface area contributed by atoms with Gasteiger partial charge >= 0.3 is 11.9 Å². The predicted molar refractivity (Wildman–Crippen MR) is 237 cm³/mol. The molecule has 5 heteroatoms. The van der Waals surface area contributed by atoms with E-state index in [9.17, 15) is 14.7 Å². The Bertz CT molecular complexity index is 919. The van der Waals surface area contributed by atoms with Gasteiger partial charge in [-0.15, -0.1) is 0 Å². The van der Waals surface area contributed by atoms with E-state index in [1.54, 1.807) is 0 Å². The third kappa shape index (κ3) is 44.4. The Morgan fingerprint density at radius 2 is 0.764 bits per heavy atom. The van der Waals surface area contributed by atoms with Gasteiger partial charge in [0.2, 0.25) is 0 Å². The van der Waals surface area contributed by atoms with Gasteiger partial charge in [0, 0.05) is 12.8 Å². The fraction of sp³-hybridized carbons (Fsp3) is 0.800. The van der Waals surface area contributed by atoms with Crippen molar-refractivity contribution in [2.45, 2.75) is 245 Å². The lowest BCUT2D eigenvalue weighted by Gasteiger charge is -2.15. The number of hydrogen-bond acceptors (Lipinski definition) is 5. The maximum absolute atomic E-state index is 12.2. The molecule has 0 aliphatic heterocycles. The van der Waals surface area contributed by atoms with Crippen molar-refractivity contribution in [3.63, 3.8) is 0 Å². The first kappa shape index (κ1) is 52.9. The molecule has 0 rings (SSSR count). The van der Waals surface area contributed by atoms with Crippen LogP contribution in [0, 0.1) is 0 Å². The van der Waals surface area contributed by atoms with E-state index >= 15 is 0 Å². The van der Waals surface area contributed by atoms with Crippen LogP contribution in [0.1, 0.15) is 239 Å². The molecule has 55 heavy (non-hydrogen) atoms. The quantitative estimate of drug-likeness (QED) is 0.0380. The second-order valence-electron chi connectivity index (χ2n) is 15.8. The average molecular weight is 771 g/mol. The molecule has 320 valence electrons. The standard InChI is InChI=1S/C50H90O5/c1-3-5-7-9-11-13-15-16-17-18-19-20-21-22-23-24-25-26-27-28-29-30-31-32-33-34-35-37-39-41-43-45-50(53)55-48(46-51)47-54-49(52)44-42-40-38-36-14-12-10-8-6-4-2/h8,10,15-16,18-19,21-22,48,51H,3-7,9,11-14,17,20,23-47H2,1-2H3/b10-8-,16-15-,19-18-,22-21-. The normalized spacial score (nSPS) is 12.6. The second kappa shape index (κ2) is 46.2. The van der Waals surface area contributed by atoms with E-state index in [-0.39, 0.29) is 25.2 Å². The Morgan fingerprint density at radius 3 is 1.18 bits per heavy atom. The molecule has 0 amide bonds. The minimum absolute atomic E-state index is 0.0691. The Balaban J connectivity index is 3.44. The predicted octanol–water partition coefficient (Wildman–Crippen LogP) is 15.4. The smallest absolute Gasteiger partial charge is 0.306 e. The maximum Gasteiger partial charge on any atom is 0.306 e. The van der Waals surface area contributed by atoms with Crippen LogP contribution in [0.25, 0.3) is 0 Å². The van der Waals surface area contributed by atoms with Crippen molar-refractivity contribution < 1.29 is 24.2 Å². The summed E-state index contributed by atoms with van der Waals surface area (Å²) in [7, 11) is 0. The molecule has 0 aliphatic rings. The minimum Gasteiger partial charge on any atom is -0.462 e. The zero-order chi connectivity index (χ0) is 40.0. The molecule has 0 spiro atoms. The average Bonchev–Trinajstić information content (AvgIpc) is 3.19. The lowest BCUT2D eigenvalue weighted by atomic mass is 10.0. The van der Waals surface area contributed by atoms with E-state index in [0.29, 0.717) is 12.8 Å². The highest BCUT2D eigenvalue weighted by molar-refractivity contribution is 5.70. The number of aliphatic hydroxyl groups is 1. The lowest BCUT2D eigenvalue weighted by molar-refractivity contribution is -0.161. The van der Waals surface area contributed by atoms with Gasteiger partial charge in [0.1, 0.15) is 6.61 Å². The third-order valence-electron chi connectivity index (χ3n) is 10.3. The molecule has 1 N–H and O–H groups in total. The highest BCUT2D eigenvalue weighted by atomic mass is 16.6. The number of allylic oxidation sites excluding steroid dienone is 8. The van der Waals surface area contributed by atoms with E-state index in [4.69, 9.17) is 9.47 Å². The lowest BCUT2D eigenvalue weighted by Crippen LogP contribution is -2.28. The summed E-state index contributed by atoms with van der Waals surface area (Å²) in [5.74, 6) is -0.599. The molecular weight excluding hydrogens is 681 g/mol. The number of ether oxygens (including phenoxy) is 2. The first-order valence-corrected chi connectivity index (χ1v) is 23.7. The number of aliphatic hydroxyl groups excluding tert-OH is 1. The monoisotopic (exact) mass is 771 g/mol. The Hall–Kier alpha value is -2.14. The Morgan fingerprint density at radius 1 is 0.418 bits per heavy atom. The van der Waals surface area contributed by atoms with Crippen molar-refractivity contribution in [1.82, 2.24) is 0 Å². The molecule has 0 fully saturated rings. The molecule has 0 aromatic rings. The first-order valence-electron chi connectivity index (χ1n) is 23.7. The van der Waals surface area contributed by atoms with Gasteiger partial charge in [-0.05, 0) is 70.6 Å². The molecule has 0 saturated heterocycles. The molecule has 0 radical (unpaired) electrons. The van der Waals surface area contributed by atoms with Crippen LogP contribution < -0.4 is 0 Å². The number of hydrogen-bond donors (Lipinski definition) is 1. The van der Waals surface area contributed by atoms with Crippen LogP contribution in [0.5, 0.6) is 0 Å². The van der Waals surface area contributed by atoms with Crippen LogP contribution in [0.3, 0.4) is 0 Å². The summed E-state index contributed by atoms with van der Waals surface area (Å²) in [6, 6.07) is 0. The van der Waals surface area contributed by atoms with Gasteiger partial charge in [0.15, 0.2) is 6.10 Å². The molecule has 0 aromatic heterocycles. The molecule has 1 unspecified atom stereocenters. The van der Waals surface area contributed by atoms with Crippen molar-refractivity contribution in [2.75, 3.05) is 13.2 Å². The van der Waals surface area contributed by atoms with Crippen molar-refractivity contribution in [2.24, 2.45) is 0 Å². The molecule has 0 aliphatic carbocycles. The Kier molecular flexibility index (Phi) is 44.4. The number of carbonyl (C=O) groups is 2. The third-order valence-corrected chi connectivity index (χ3v) is 10.3. The van der Waals surface area contributed by atoms with Crippen LogP contribution in [-0.2, 0) is 19.1 Å². The highest BCUT2D eigenvalue weighted by Crippen LogP contribution is 2.15. The first-order chi connectivity index (χ1) is 27.1. The zero-order valence-electron chi connectivity index (χ0n) is 36.4. The van der Waals surface area contributed by atoms with Gasteiger partial charge < -0.3 is 14.6 Å². The summed E-state index contributed by atoms with van der Waals surface area (Å²) in [6.45, 7) is 4.06.